The molecule has 0 radical (unpaired) electrons. The predicted molar refractivity (Wildman–Crippen MR) is 136 cm³/mol. The number of nitrogens with zero attached hydrogens (tertiary/aromatic N) is 1. The van der Waals surface area contributed by atoms with Gasteiger partial charge in [-0.1, -0.05) is 97.1 Å². The molecule has 0 bridgehead atoms. The minimum Gasteiger partial charge on any atom is -0.309 e. The van der Waals surface area contributed by atoms with Gasteiger partial charge in [0.05, 0.1) is 16.7 Å². The zero-order chi connectivity index (χ0) is 21.5. The lowest BCUT2D eigenvalue weighted by Gasteiger charge is -2.18. The smallest absolute Gasteiger partial charge is 0.0546 e. The van der Waals surface area contributed by atoms with Gasteiger partial charge in [0.25, 0.3) is 0 Å². The zero-order valence-electron chi connectivity index (χ0n) is 18.0. The third-order valence-corrected chi connectivity index (χ3v) is 6.33. The molecule has 6 rings (SSSR count). The summed E-state index contributed by atoms with van der Waals surface area (Å²) in [7, 11) is 0. The first-order valence-corrected chi connectivity index (χ1v) is 11.1. The van der Waals surface area contributed by atoms with Gasteiger partial charge in [0.15, 0.2) is 0 Å². The van der Waals surface area contributed by atoms with Crippen LogP contribution in [0.2, 0.25) is 0 Å². The van der Waals surface area contributed by atoms with Gasteiger partial charge in [-0.3, -0.25) is 0 Å². The van der Waals surface area contributed by atoms with E-state index in [1.54, 1.807) is 0 Å². The first-order valence-electron chi connectivity index (χ1n) is 11.1. The molecule has 1 aromatic heterocycles. The zero-order valence-corrected chi connectivity index (χ0v) is 18.0. The summed E-state index contributed by atoms with van der Waals surface area (Å²) >= 11 is 0. The molecule has 0 amide bonds. The maximum atomic E-state index is 2.43. The Hall–Kier alpha value is -4.10. The fourth-order valence-corrected chi connectivity index (χ4v) is 4.84. The summed E-state index contributed by atoms with van der Waals surface area (Å²) in [6.07, 6.45) is 0. The molecule has 6 aromatic rings. The number of rotatable bonds is 3. The summed E-state index contributed by atoms with van der Waals surface area (Å²) in [6.45, 7) is 2.21. The first-order chi connectivity index (χ1) is 15.8. The van der Waals surface area contributed by atoms with Crippen LogP contribution in [0.3, 0.4) is 0 Å². The molecule has 0 aliphatic heterocycles. The van der Waals surface area contributed by atoms with Crippen molar-refractivity contribution in [3.63, 3.8) is 0 Å². The van der Waals surface area contributed by atoms with Gasteiger partial charge in [0, 0.05) is 16.3 Å². The molecule has 0 saturated carbocycles. The molecule has 0 unspecified atom stereocenters. The lowest BCUT2D eigenvalue weighted by Crippen LogP contribution is -1.99. The third kappa shape index (κ3) is 2.94. The summed E-state index contributed by atoms with van der Waals surface area (Å²) < 4.78 is 2.43. The summed E-state index contributed by atoms with van der Waals surface area (Å²) in [5, 5.41) is 2.56. The monoisotopic (exact) mass is 409 g/mol. The van der Waals surface area contributed by atoms with Crippen molar-refractivity contribution in [1.29, 1.82) is 0 Å². The normalized spacial score (nSPS) is 11.3. The predicted octanol–water partition coefficient (Wildman–Crippen LogP) is 8.43. The molecule has 5 aromatic carbocycles. The fraction of sp³-hybridized carbons (Fsp3) is 0.0323. The quantitative estimate of drug-likeness (QED) is 0.276. The van der Waals surface area contributed by atoms with Gasteiger partial charge in [0.2, 0.25) is 0 Å². The van der Waals surface area contributed by atoms with E-state index in [2.05, 4.69) is 133 Å². The Morgan fingerprint density at radius 2 is 0.938 bits per heavy atom. The van der Waals surface area contributed by atoms with Gasteiger partial charge >= 0.3 is 0 Å². The summed E-state index contributed by atoms with van der Waals surface area (Å²) in [6, 6.07) is 43.5. The van der Waals surface area contributed by atoms with E-state index in [1.807, 2.05) is 0 Å². The Balaban J connectivity index is 1.76. The average molecular weight is 410 g/mol. The van der Waals surface area contributed by atoms with Crippen molar-refractivity contribution in [3.05, 3.63) is 127 Å². The van der Waals surface area contributed by atoms with Gasteiger partial charge in [-0.25, -0.2) is 0 Å². The number of benzene rings is 5. The second-order valence-electron chi connectivity index (χ2n) is 8.29. The lowest BCUT2D eigenvalue weighted by atomic mass is 9.93. The molecule has 0 aliphatic carbocycles. The highest BCUT2D eigenvalue weighted by atomic mass is 15.0. The second kappa shape index (κ2) is 7.55. The highest BCUT2D eigenvalue weighted by molar-refractivity contribution is 6.09. The van der Waals surface area contributed by atoms with Crippen molar-refractivity contribution in [3.8, 4) is 27.9 Å². The molecular formula is C31H23N. The number of hydrogen-bond acceptors (Lipinski definition) is 0. The van der Waals surface area contributed by atoms with Gasteiger partial charge in [0.1, 0.15) is 0 Å². The van der Waals surface area contributed by atoms with Crippen LogP contribution in [0.25, 0.3) is 49.7 Å². The van der Waals surface area contributed by atoms with E-state index in [-0.39, 0.29) is 0 Å². The maximum absolute atomic E-state index is 2.43. The number of fused-ring (bicyclic) bond motifs is 3. The van der Waals surface area contributed by atoms with Gasteiger partial charge in [-0.15, -0.1) is 0 Å². The molecule has 0 aliphatic rings. The van der Waals surface area contributed by atoms with Crippen LogP contribution in [0.4, 0.5) is 0 Å². The standard InChI is InChI=1S/C31H23N/c1-22-20-28(24-14-6-3-7-15-24)31(21-27(22)23-12-4-2-5-13-23)32-29-18-10-8-16-25(29)26-17-9-11-19-30(26)32/h2-21H,1H3. The summed E-state index contributed by atoms with van der Waals surface area (Å²) in [4.78, 5) is 0. The molecule has 32 heavy (non-hydrogen) atoms. The lowest BCUT2D eigenvalue weighted by molar-refractivity contribution is 1.18. The molecular weight excluding hydrogens is 386 g/mol. The second-order valence-corrected chi connectivity index (χ2v) is 8.29. The molecule has 1 nitrogen and oxygen atoms in total. The highest BCUT2D eigenvalue weighted by Crippen LogP contribution is 2.39. The molecule has 0 fully saturated rings. The number of hydrogen-bond donors (Lipinski definition) is 0. The van der Waals surface area contributed by atoms with Crippen molar-refractivity contribution < 1.29 is 0 Å². The Bertz CT molecular complexity index is 1500. The van der Waals surface area contributed by atoms with Gasteiger partial charge < -0.3 is 4.57 Å². The SMILES string of the molecule is Cc1cc(-c2ccccc2)c(-n2c3ccccc3c3ccccc32)cc1-c1ccccc1. The Kier molecular flexibility index (Phi) is 4.40. The Morgan fingerprint density at radius 3 is 1.50 bits per heavy atom. The van der Waals surface area contributed by atoms with Gasteiger partial charge in [-0.2, -0.15) is 0 Å². The van der Waals surface area contributed by atoms with Crippen molar-refractivity contribution >= 4 is 21.8 Å². The van der Waals surface area contributed by atoms with Crippen LogP contribution in [-0.2, 0) is 0 Å². The molecule has 0 saturated heterocycles. The van der Waals surface area contributed by atoms with E-state index in [9.17, 15) is 0 Å². The van der Waals surface area contributed by atoms with Crippen LogP contribution in [0, 0.1) is 6.92 Å². The van der Waals surface area contributed by atoms with Crippen LogP contribution in [-0.4, -0.2) is 4.57 Å². The minimum absolute atomic E-state index is 1.21. The number of aromatic nitrogens is 1. The summed E-state index contributed by atoms with van der Waals surface area (Å²) in [5.41, 5.74) is 9.93. The van der Waals surface area contributed by atoms with Crippen LogP contribution in [0.1, 0.15) is 5.56 Å². The van der Waals surface area contributed by atoms with Crippen LogP contribution in [0.5, 0.6) is 0 Å². The number of aryl methyl sites for hydroxylation is 1. The molecule has 1 heterocycles. The Morgan fingerprint density at radius 1 is 0.469 bits per heavy atom. The van der Waals surface area contributed by atoms with Crippen molar-refractivity contribution in [2.75, 3.05) is 0 Å². The molecule has 152 valence electrons. The molecule has 0 N–H and O–H groups in total. The van der Waals surface area contributed by atoms with E-state index in [4.69, 9.17) is 0 Å². The maximum Gasteiger partial charge on any atom is 0.0546 e. The fourth-order valence-electron chi connectivity index (χ4n) is 4.84. The van der Waals surface area contributed by atoms with Gasteiger partial charge in [-0.05, 0) is 53.4 Å². The van der Waals surface area contributed by atoms with E-state index in [0.717, 1.165) is 0 Å². The molecule has 0 atom stereocenters. The van der Waals surface area contributed by atoms with Crippen molar-refractivity contribution in [2.45, 2.75) is 6.92 Å². The van der Waals surface area contributed by atoms with Crippen molar-refractivity contribution in [1.82, 2.24) is 4.57 Å². The minimum atomic E-state index is 1.21. The van der Waals surface area contributed by atoms with E-state index in [1.165, 1.54) is 55.3 Å². The van der Waals surface area contributed by atoms with E-state index in [0.29, 0.717) is 0 Å². The summed E-state index contributed by atoms with van der Waals surface area (Å²) in [5.74, 6) is 0. The first kappa shape index (κ1) is 18.7. The topological polar surface area (TPSA) is 4.93 Å². The molecule has 1 heteroatoms. The third-order valence-electron chi connectivity index (χ3n) is 6.33. The highest BCUT2D eigenvalue weighted by Gasteiger charge is 2.17. The largest absolute Gasteiger partial charge is 0.309 e. The Labute approximate surface area is 188 Å². The van der Waals surface area contributed by atoms with Crippen molar-refractivity contribution in [2.24, 2.45) is 0 Å². The van der Waals surface area contributed by atoms with E-state index >= 15 is 0 Å². The van der Waals surface area contributed by atoms with Crippen LogP contribution in [0.15, 0.2) is 121 Å². The van der Waals surface area contributed by atoms with E-state index < -0.39 is 0 Å². The van der Waals surface area contributed by atoms with Crippen LogP contribution >= 0.6 is 0 Å². The van der Waals surface area contributed by atoms with Crippen LogP contribution < -0.4 is 0 Å². The average Bonchev–Trinajstić information content (AvgIpc) is 3.19. The number of para-hydroxylation sites is 2. The molecule has 0 spiro atoms.